The molecule has 2 rings (SSSR count). The molecule has 14 heavy (non-hydrogen) atoms. The van der Waals surface area contributed by atoms with Crippen molar-refractivity contribution in [3.63, 3.8) is 0 Å². The van der Waals surface area contributed by atoms with Crippen LogP contribution >= 0.6 is 11.6 Å². The molecule has 0 fully saturated rings. The molecular weight excluding hydrogens is 206 g/mol. The van der Waals surface area contributed by atoms with Gasteiger partial charge in [0.05, 0.1) is 12.2 Å². The maximum Gasteiger partial charge on any atom is 0.245 e. The van der Waals surface area contributed by atoms with Gasteiger partial charge in [-0.1, -0.05) is 0 Å². The van der Waals surface area contributed by atoms with Crippen LogP contribution in [0.4, 0.5) is 5.95 Å². The van der Waals surface area contributed by atoms with Gasteiger partial charge in [-0.15, -0.1) is 11.6 Å². The van der Waals surface area contributed by atoms with Crippen molar-refractivity contribution >= 4 is 28.7 Å². The Hall–Kier alpha value is -1.56. The van der Waals surface area contributed by atoms with Gasteiger partial charge < -0.3 is 15.5 Å². The topological polar surface area (TPSA) is 89.7 Å². The first-order valence-electron chi connectivity index (χ1n) is 3.96. The predicted octanol–water partition coefficient (Wildman–Crippen LogP) is 0.553. The van der Waals surface area contributed by atoms with Gasteiger partial charge in [-0.05, 0) is 0 Å². The van der Waals surface area contributed by atoms with Crippen LogP contribution in [0.2, 0.25) is 0 Å². The van der Waals surface area contributed by atoms with E-state index in [0.29, 0.717) is 29.5 Å². The number of hydrogen-bond donors (Lipinski definition) is 2. The van der Waals surface area contributed by atoms with Crippen LogP contribution in [0, 0.1) is 0 Å². The first-order valence-corrected chi connectivity index (χ1v) is 4.50. The number of anilines is 1. The Labute approximate surface area is 84.5 Å². The Kier molecular flexibility index (Phi) is 2.36. The van der Waals surface area contributed by atoms with Crippen LogP contribution in [0.5, 0.6) is 5.88 Å². The third-order valence-corrected chi connectivity index (χ3v) is 1.74. The van der Waals surface area contributed by atoms with E-state index in [0.717, 1.165) is 0 Å². The van der Waals surface area contributed by atoms with E-state index in [4.69, 9.17) is 22.1 Å². The van der Waals surface area contributed by atoms with E-state index < -0.39 is 0 Å². The molecule has 0 spiro atoms. The van der Waals surface area contributed by atoms with Crippen LogP contribution in [0.1, 0.15) is 0 Å². The summed E-state index contributed by atoms with van der Waals surface area (Å²) in [4.78, 5) is 14.7. The fourth-order valence-electron chi connectivity index (χ4n) is 1.06. The SMILES string of the molecule is Nc1nc(OCCCl)c2[nH]cnc2n1. The molecular formula is C7H8ClN5O. The number of aromatic amines is 1. The molecule has 0 atom stereocenters. The number of nitrogen functional groups attached to an aromatic ring is 1. The fourth-order valence-corrected chi connectivity index (χ4v) is 1.14. The van der Waals surface area contributed by atoms with Crippen molar-refractivity contribution in [1.82, 2.24) is 19.9 Å². The Bertz CT molecular complexity index is 443. The molecule has 3 N–H and O–H groups in total. The number of alkyl halides is 1. The highest BCUT2D eigenvalue weighted by atomic mass is 35.5. The van der Waals surface area contributed by atoms with Crippen LogP contribution in [-0.4, -0.2) is 32.4 Å². The van der Waals surface area contributed by atoms with E-state index in [9.17, 15) is 0 Å². The van der Waals surface area contributed by atoms with Gasteiger partial charge in [0, 0.05) is 0 Å². The van der Waals surface area contributed by atoms with Crippen molar-refractivity contribution in [2.24, 2.45) is 0 Å². The number of aromatic nitrogens is 4. The van der Waals surface area contributed by atoms with E-state index in [1.165, 1.54) is 6.33 Å². The first kappa shape index (κ1) is 9.01. The molecule has 2 aromatic rings. The summed E-state index contributed by atoms with van der Waals surface area (Å²) in [5.74, 6) is 0.902. The van der Waals surface area contributed by atoms with Crippen LogP contribution < -0.4 is 10.5 Å². The highest BCUT2D eigenvalue weighted by Gasteiger charge is 2.08. The molecule has 0 aromatic carbocycles. The Balaban J connectivity index is 2.44. The maximum atomic E-state index is 5.49. The lowest BCUT2D eigenvalue weighted by atomic mass is 10.5. The lowest BCUT2D eigenvalue weighted by molar-refractivity contribution is 0.333. The minimum Gasteiger partial charge on any atom is -0.475 e. The van der Waals surface area contributed by atoms with Gasteiger partial charge in [0.1, 0.15) is 12.1 Å². The second-order valence-corrected chi connectivity index (χ2v) is 2.90. The maximum absolute atomic E-state index is 5.49. The average Bonchev–Trinajstić information content (AvgIpc) is 2.61. The van der Waals surface area contributed by atoms with Crippen LogP contribution in [0.15, 0.2) is 6.33 Å². The molecule has 0 saturated carbocycles. The second-order valence-electron chi connectivity index (χ2n) is 2.53. The van der Waals surface area contributed by atoms with Gasteiger partial charge in [0.25, 0.3) is 0 Å². The zero-order valence-electron chi connectivity index (χ0n) is 7.20. The number of nitrogens with one attached hydrogen (secondary N) is 1. The van der Waals surface area contributed by atoms with E-state index in [1.807, 2.05) is 0 Å². The summed E-state index contributed by atoms with van der Waals surface area (Å²) in [7, 11) is 0. The number of ether oxygens (including phenoxy) is 1. The van der Waals surface area contributed by atoms with E-state index in [-0.39, 0.29) is 5.95 Å². The molecule has 2 heterocycles. The molecule has 0 saturated heterocycles. The largest absolute Gasteiger partial charge is 0.475 e. The minimum atomic E-state index is 0.133. The number of H-pyrrole nitrogens is 1. The molecule has 0 bridgehead atoms. The van der Waals surface area contributed by atoms with Gasteiger partial charge in [0.15, 0.2) is 5.65 Å². The number of imidazole rings is 1. The third-order valence-electron chi connectivity index (χ3n) is 1.59. The van der Waals surface area contributed by atoms with Gasteiger partial charge in [-0.25, -0.2) is 4.98 Å². The second kappa shape index (κ2) is 3.67. The molecule has 0 aliphatic heterocycles. The minimum absolute atomic E-state index is 0.133. The molecule has 0 unspecified atom stereocenters. The Morgan fingerprint density at radius 3 is 3.14 bits per heavy atom. The van der Waals surface area contributed by atoms with E-state index in [2.05, 4.69) is 19.9 Å². The van der Waals surface area contributed by atoms with Gasteiger partial charge in [0.2, 0.25) is 11.8 Å². The summed E-state index contributed by atoms with van der Waals surface area (Å²) in [6.07, 6.45) is 1.51. The lowest BCUT2D eigenvalue weighted by Crippen LogP contribution is -2.04. The first-order chi connectivity index (χ1) is 6.81. The summed E-state index contributed by atoms with van der Waals surface area (Å²) in [5, 5.41) is 0. The number of rotatable bonds is 3. The molecule has 74 valence electrons. The molecule has 7 heteroatoms. The number of hydrogen-bond acceptors (Lipinski definition) is 5. The van der Waals surface area contributed by atoms with Crippen molar-refractivity contribution in [3.8, 4) is 5.88 Å². The summed E-state index contributed by atoms with van der Waals surface area (Å²) < 4.78 is 5.27. The van der Waals surface area contributed by atoms with Crippen molar-refractivity contribution in [2.45, 2.75) is 0 Å². The van der Waals surface area contributed by atoms with Crippen molar-refractivity contribution in [2.75, 3.05) is 18.2 Å². The quantitative estimate of drug-likeness (QED) is 0.727. The highest BCUT2D eigenvalue weighted by Crippen LogP contribution is 2.19. The average molecular weight is 214 g/mol. The molecule has 0 amide bonds. The normalized spacial score (nSPS) is 10.6. The molecule has 0 aliphatic carbocycles. The summed E-state index contributed by atoms with van der Waals surface area (Å²) in [5.41, 5.74) is 6.58. The predicted molar refractivity (Wildman–Crippen MR) is 52.3 cm³/mol. The standard InChI is InChI=1S/C7H8ClN5O/c8-1-2-14-6-4-5(11-3-10-4)12-7(9)13-6/h3H,1-2H2,(H3,9,10,11,12,13). The fraction of sp³-hybridized carbons (Fsp3) is 0.286. The van der Waals surface area contributed by atoms with Crippen LogP contribution in [0.25, 0.3) is 11.2 Å². The number of halogens is 1. The van der Waals surface area contributed by atoms with Gasteiger partial charge in [-0.3, -0.25) is 0 Å². The Morgan fingerprint density at radius 1 is 1.50 bits per heavy atom. The van der Waals surface area contributed by atoms with Crippen molar-refractivity contribution in [3.05, 3.63) is 6.33 Å². The molecule has 0 radical (unpaired) electrons. The van der Waals surface area contributed by atoms with Crippen molar-refractivity contribution < 1.29 is 4.74 Å². The highest BCUT2D eigenvalue weighted by molar-refractivity contribution is 6.18. The smallest absolute Gasteiger partial charge is 0.245 e. The number of nitrogens with zero attached hydrogens (tertiary/aromatic N) is 3. The van der Waals surface area contributed by atoms with Gasteiger partial charge in [-0.2, -0.15) is 9.97 Å². The zero-order valence-corrected chi connectivity index (χ0v) is 7.95. The molecule has 2 aromatic heterocycles. The van der Waals surface area contributed by atoms with Crippen LogP contribution in [-0.2, 0) is 0 Å². The zero-order chi connectivity index (χ0) is 9.97. The molecule has 6 nitrogen and oxygen atoms in total. The molecule has 0 aliphatic rings. The summed E-state index contributed by atoms with van der Waals surface area (Å²) >= 11 is 5.49. The summed E-state index contributed by atoms with van der Waals surface area (Å²) in [6, 6.07) is 0. The van der Waals surface area contributed by atoms with Crippen molar-refractivity contribution in [1.29, 1.82) is 0 Å². The Morgan fingerprint density at radius 2 is 2.36 bits per heavy atom. The van der Waals surface area contributed by atoms with Gasteiger partial charge >= 0.3 is 0 Å². The number of nitrogens with two attached hydrogens (primary N) is 1. The lowest BCUT2D eigenvalue weighted by Gasteiger charge is -2.03. The summed E-state index contributed by atoms with van der Waals surface area (Å²) in [6.45, 7) is 0.367. The monoisotopic (exact) mass is 213 g/mol. The number of fused-ring (bicyclic) bond motifs is 1. The van der Waals surface area contributed by atoms with E-state index in [1.54, 1.807) is 0 Å². The third kappa shape index (κ3) is 1.56. The van der Waals surface area contributed by atoms with Crippen LogP contribution in [0.3, 0.4) is 0 Å². The van der Waals surface area contributed by atoms with E-state index >= 15 is 0 Å².